The number of methoxy groups -OCH3 is 2. The summed E-state index contributed by atoms with van der Waals surface area (Å²) in [5, 5.41) is 2.82. The molecule has 1 N–H and O–H groups in total. The van der Waals surface area contributed by atoms with Gasteiger partial charge in [0.1, 0.15) is 18.4 Å². The van der Waals surface area contributed by atoms with E-state index in [1.54, 1.807) is 31.4 Å². The molecule has 0 aliphatic carbocycles. The molecule has 1 aliphatic heterocycles. The molecule has 0 unspecified atom stereocenters. The highest BCUT2D eigenvalue weighted by molar-refractivity contribution is 5.90. The standard InChI is InChI=1S/C21H22N2O6/c1-27-18-9-4-3-7-16(18)11-22-19(24)17-13-29-21(26)23(17)12-14-6-5-8-15(10-14)20(25)28-2/h3-10,17H,11-13H2,1-2H3,(H,22,24)/t17-/m0/s1. The SMILES string of the molecule is COC(=O)c1cccc(CN2C(=O)OC[C@H]2C(=O)NCc2ccccc2OC)c1. The van der Waals surface area contributed by atoms with E-state index in [2.05, 4.69) is 5.32 Å². The molecule has 1 saturated heterocycles. The molecule has 1 atom stereocenters. The summed E-state index contributed by atoms with van der Waals surface area (Å²) < 4.78 is 15.1. The van der Waals surface area contributed by atoms with Crippen LogP contribution in [0, 0.1) is 0 Å². The molecule has 3 rings (SSSR count). The van der Waals surface area contributed by atoms with Gasteiger partial charge < -0.3 is 19.5 Å². The van der Waals surface area contributed by atoms with Crippen molar-refractivity contribution in [2.75, 3.05) is 20.8 Å². The normalized spacial score (nSPS) is 15.6. The van der Waals surface area contributed by atoms with E-state index in [9.17, 15) is 14.4 Å². The number of rotatable bonds is 7. The van der Waals surface area contributed by atoms with E-state index in [4.69, 9.17) is 14.2 Å². The number of esters is 1. The van der Waals surface area contributed by atoms with Gasteiger partial charge in [-0.15, -0.1) is 0 Å². The van der Waals surface area contributed by atoms with Gasteiger partial charge in [0.25, 0.3) is 0 Å². The minimum absolute atomic E-state index is 0.0344. The first kappa shape index (κ1) is 20.2. The zero-order valence-corrected chi connectivity index (χ0v) is 16.2. The molecule has 0 radical (unpaired) electrons. The van der Waals surface area contributed by atoms with Crippen LogP contribution < -0.4 is 10.1 Å². The molecule has 152 valence electrons. The Hall–Kier alpha value is -3.55. The Bertz CT molecular complexity index is 914. The van der Waals surface area contributed by atoms with Crippen molar-refractivity contribution >= 4 is 18.0 Å². The molecule has 0 spiro atoms. The summed E-state index contributed by atoms with van der Waals surface area (Å²) in [4.78, 5) is 37.9. The minimum atomic E-state index is -0.765. The Morgan fingerprint density at radius 2 is 1.97 bits per heavy atom. The second-order valence-electron chi connectivity index (χ2n) is 6.44. The number of ether oxygens (including phenoxy) is 3. The number of carbonyl (C=O) groups is 3. The summed E-state index contributed by atoms with van der Waals surface area (Å²) in [7, 11) is 2.86. The van der Waals surface area contributed by atoms with Crippen molar-refractivity contribution in [1.82, 2.24) is 10.2 Å². The summed E-state index contributed by atoms with van der Waals surface area (Å²) in [6.07, 6.45) is -0.578. The zero-order valence-electron chi connectivity index (χ0n) is 16.2. The Morgan fingerprint density at radius 3 is 2.72 bits per heavy atom. The fourth-order valence-corrected chi connectivity index (χ4v) is 3.10. The molecule has 1 fully saturated rings. The van der Waals surface area contributed by atoms with Crippen molar-refractivity contribution in [3.63, 3.8) is 0 Å². The van der Waals surface area contributed by atoms with Crippen LogP contribution in [-0.2, 0) is 27.4 Å². The average molecular weight is 398 g/mol. The molecule has 29 heavy (non-hydrogen) atoms. The van der Waals surface area contributed by atoms with Crippen LogP contribution in [0.5, 0.6) is 5.75 Å². The van der Waals surface area contributed by atoms with Crippen LogP contribution in [0.25, 0.3) is 0 Å². The van der Waals surface area contributed by atoms with E-state index in [1.165, 1.54) is 12.0 Å². The van der Waals surface area contributed by atoms with Gasteiger partial charge in [0, 0.05) is 12.1 Å². The molecule has 2 amide bonds. The van der Waals surface area contributed by atoms with Crippen molar-refractivity contribution < 1.29 is 28.6 Å². The van der Waals surface area contributed by atoms with Gasteiger partial charge in [-0.05, 0) is 23.8 Å². The van der Waals surface area contributed by atoms with Gasteiger partial charge in [-0.1, -0.05) is 30.3 Å². The molecule has 2 aromatic rings. The number of nitrogens with zero attached hydrogens (tertiary/aromatic N) is 1. The average Bonchev–Trinajstić information content (AvgIpc) is 3.12. The highest BCUT2D eigenvalue weighted by Gasteiger charge is 2.38. The van der Waals surface area contributed by atoms with E-state index >= 15 is 0 Å². The summed E-state index contributed by atoms with van der Waals surface area (Å²) in [5.41, 5.74) is 1.88. The maximum atomic E-state index is 12.7. The predicted molar refractivity (Wildman–Crippen MR) is 103 cm³/mol. The molecule has 0 bridgehead atoms. The highest BCUT2D eigenvalue weighted by atomic mass is 16.6. The lowest BCUT2D eigenvalue weighted by atomic mass is 10.1. The third-order valence-corrected chi connectivity index (χ3v) is 4.62. The summed E-state index contributed by atoms with van der Waals surface area (Å²) in [6, 6.07) is 13.3. The largest absolute Gasteiger partial charge is 0.496 e. The summed E-state index contributed by atoms with van der Waals surface area (Å²) in [5.74, 6) is -0.129. The first-order chi connectivity index (χ1) is 14.0. The first-order valence-corrected chi connectivity index (χ1v) is 9.03. The van der Waals surface area contributed by atoms with E-state index < -0.39 is 18.1 Å². The van der Waals surface area contributed by atoms with Crippen LogP contribution in [0.15, 0.2) is 48.5 Å². The summed E-state index contributed by atoms with van der Waals surface area (Å²) in [6.45, 7) is 0.364. The fraction of sp³-hybridized carbons (Fsp3) is 0.286. The molecule has 1 heterocycles. The van der Waals surface area contributed by atoms with Crippen LogP contribution >= 0.6 is 0 Å². The van der Waals surface area contributed by atoms with Crippen molar-refractivity contribution in [3.8, 4) is 5.75 Å². The molecular weight excluding hydrogens is 376 g/mol. The van der Waals surface area contributed by atoms with Crippen molar-refractivity contribution in [3.05, 3.63) is 65.2 Å². The lowest BCUT2D eigenvalue weighted by Gasteiger charge is -2.21. The third kappa shape index (κ3) is 4.66. The number of para-hydroxylation sites is 1. The molecule has 8 nitrogen and oxygen atoms in total. The highest BCUT2D eigenvalue weighted by Crippen LogP contribution is 2.20. The van der Waals surface area contributed by atoms with Crippen molar-refractivity contribution in [1.29, 1.82) is 0 Å². The Balaban J connectivity index is 1.68. The summed E-state index contributed by atoms with van der Waals surface area (Å²) >= 11 is 0. The maximum absolute atomic E-state index is 12.7. The second kappa shape index (κ2) is 9.09. The van der Waals surface area contributed by atoms with Crippen molar-refractivity contribution in [2.24, 2.45) is 0 Å². The van der Waals surface area contributed by atoms with Crippen LogP contribution in [-0.4, -0.2) is 49.7 Å². The van der Waals surface area contributed by atoms with Crippen LogP contribution in [0.4, 0.5) is 4.79 Å². The smallest absolute Gasteiger partial charge is 0.410 e. The van der Waals surface area contributed by atoms with E-state index in [1.807, 2.05) is 24.3 Å². The van der Waals surface area contributed by atoms with Gasteiger partial charge in [0.2, 0.25) is 5.91 Å². The number of hydrogen-bond donors (Lipinski definition) is 1. The van der Waals surface area contributed by atoms with Gasteiger partial charge in [-0.3, -0.25) is 9.69 Å². The topological polar surface area (TPSA) is 94.2 Å². The van der Waals surface area contributed by atoms with Gasteiger partial charge >= 0.3 is 12.1 Å². The minimum Gasteiger partial charge on any atom is -0.496 e. The van der Waals surface area contributed by atoms with Crippen LogP contribution in [0.3, 0.4) is 0 Å². The van der Waals surface area contributed by atoms with E-state index in [-0.39, 0.29) is 25.6 Å². The number of benzene rings is 2. The van der Waals surface area contributed by atoms with Crippen LogP contribution in [0.2, 0.25) is 0 Å². The predicted octanol–water partition coefficient (Wildman–Crippen LogP) is 2.12. The first-order valence-electron chi connectivity index (χ1n) is 9.03. The molecule has 0 saturated carbocycles. The number of nitrogens with one attached hydrogen (secondary N) is 1. The number of amides is 2. The van der Waals surface area contributed by atoms with E-state index in [0.29, 0.717) is 16.9 Å². The lowest BCUT2D eigenvalue weighted by molar-refractivity contribution is -0.125. The number of cyclic esters (lactones) is 1. The molecule has 8 heteroatoms. The van der Waals surface area contributed by atoms with Crippen LogP contribution in [0.1, 0.15) is 21.5 Å². The second-order valence-corrected chi connectivity index (χ2v) is 6.44. The Kier molecular flexibility index (Phi) is 6.33. The third-order valence-electron chi connectivity index (χ3n) is 4.62. The number of carbonyl (C=O) groups excluding carboxylic acids is 3. The fourth-order valence-electron chi connectivity index (χ4n) is 3.10. The van der Waals surface area contributed by atoms with Gasteiger partial charge in [0.15, 0.2) is 0 Å². The molecule has 0 aromatic heterocycles. The van der Waals surface area contributed by atoms with E-state index in [0.717, 1.165) is 5.56 Å². The Labute approximate surface area is 168 Å². The lowest BCUT2D eigenvalue weighted by Crippen LogP contribution is -2.45. The van der Waals surface area contributed by atoms with Crippen molar-refractivity contribution in [2.45, 2.75) is 19.1 Å². The Morgan fingerprint density at radius 1 is 1.17 bits per heavy atom. The maximum Gasteiger partial charge on any atom is 0.410 e. The monoisotopic (exact) mass is 398 g/mol. The van der Waals surface area contributed by atoms with Gasteiger partial charge in [-0.2, -0.15) is 0 Å². The zero-order chi connectivity index (χ0) is 20.8. The van der Waals surface area contributed by atoms with Gasteiger partial charge in [-0.25, -0.2) is 9.59 Å². The molecular formula is C21H22N2O6. The van der Waals surface area contributed by atoms with Gasteiger partial charge in [0.05, 0.1) is 26.3 Å². The quantitative estimate of drug-likeness (QED) is 0.718. The molecule has 2 aromatic carbocycles. The number of hydrogen-bond acceptors (Lipinski definition) is 6. The molecule has 1 aliphatic rings.